The topological polar surface area (TPSA) is 0 Å². The van der Waals surface area contributed by atoms with E-state index >= 15 is 0 Å². The Morgan fingerprint density at radius 1 is 0.900 bits per heavy atom. The van der Waals surface area contributed by atoms with Gasteiger partial charge in [-0.2, -0.15) is 0 Å². The Bertz CT molecular complexity index is 1190. The van der Waals surface area contributed by atoms with Crippen LogP contribution >= 0.6 is 0 Å². The van der Waals surface area contributed by atoms with E-state index in [-0.39, 0.29) is 10.8 Å². The van der Waals surface area contributed by atoms with Crippen molar-refractivity contribution in [2.45, 2.75) is 114 Å². The van der Waals surface area contributed by atoms with Gasteiger partial charge in [-0.1, -0.05) is 144 Å². The largest absolute Gasteiger partial charge is 0.0951 e. The van der Waals surface area contributed by atoms with Crippen molar-refractivity contribution in [1.82, 2.24) is 0 Å². The predicted octanol–water partition coefficient (Wildman–Crippen LogP) is 11.5. The van der Waals surface area contributed by atoms with Crippen LogP contribution in [0.3, 0.4) is 0 Å². The van der Waals surface area contributed by atoms with Crippen molar-refractivity contribution in [3.05, 3.63) is 82.5 Å². The molecule has 2 aliphatic carbocycles. The van der Waals surface area contributed by atoms with E-state index in [1.807, 2.05) is 0 Å². The molecular weight excluding hydrogens is 480 g/mol. The molecule has 0 heterocycles. The minimum Gasteiger partial charge on any atom is -0.0951 e. The van der Waals surface area contributed by atoms with Crippen molar-refractivity contribution in [2.75, 3.05) is 0 Å². The lowest BCUT2D eigenvalue weighted by atomic mass is 9.73. The average Bonchev–Trinajstić information content (AvgIpc) is 2.85. The molecule has 0 amide bonds. The molecule has 3 atom stereocenters. The van der Waals surface area contributed by atoms with Gasteiger partial charge in [0.25, 0.3) is 0 Å². The standard InChI is InChI=1S/C40H56/c1-31(19-13-21-33(3)25-27-37-35(5)23-15-29-39(37,7)8)17-11-12-18-32(2)20-14-22-34(4)26-28-38-36(6)24-16-30-40(38,9)10/h11-13,16-19,21,30-32,34H,14-15,20,22-24,29H2,1-10H3/b17-11+,18-12+,19-13+,33-21-. The molecule has 0 aliphatic heterocycles. The number of hydrogen-bond donors (Lipinski definition) is 0. The highest BCUT2D eigenvalue weighted by molar-refractivity contribution is 5.45. The summed E-state index contributed by atoms with van der Waals surface area (Å²) in [6.07, 6.45) is 28.4. The molecule has 40 heavy (non-hydrogen) atoms. The zero-order chi connectivity index (χ0) is 29.8. The van der Waals surface area contributed by atoms with Crippen molar-refractivity contribution >= 4 is 0 Å². The van der Waals surface area contributed by atoms with Gasteiger partial charge >= 0.3 is 0 Å². The summed E-state index contributed by atoms with van der Waals surface area (Å²) in [6.45, 7) is 22.6. The molecule has 2 rings (SSSR count). The maximum absolute atomic E-state index is 3.54. The lowest BCUT2D eigenvalue weighted by Crippen LogP contribution is -2.19. The van der Waals surface area contributed by atoms with Crippen LogP contribution in [0.5, 0.6) is 0 Å². The fourth-order valence-corrected chi connectivity index (χ4v) is 5.68. The van der Waals surface area contributed by atoms with Gasteiger partial charge in [-0.15, -0.1) is 0 Å². The second-order valence-corrected chi connectivity index (χ2v) is 13.6. The molecular formula is C40H56. The highest BCUT2D eigenvalue weighted by Crippen LogP contribution is 2.39. The van der Waals surface area contributed by atoms with Crippen LogP contribution < -0.4 is 0 Å². The van der Waals surface area contributed by atoms with E-state index in [4.69, 9.17) is 0 Å². The van der Waals surface area contributed by atoms with Gasteiger partial charge in [-0.3, -0.25) is 0 Å². The Labute approximate surface area is 248 Å². The van der Waals surface area contributed by atoms with Gasteiger partial charge in [0.1, 0.15) is 0 Å². The molecule has 3 unspecified atom stereocenters. The Hall–Kier alpha value is -2.70. The molecule has 0 fully saturated rings. The van der Waals surface area contributed by atoms with Gasteiger partial charge in [0.2, 0.25) is 0 Å². The Balaban J connectivity index is 1.75. The molecule has 0 aromatic carbocycles. The Morgan fingerprint density at radius 3 is 2.30 bits per heavy atom. The van der Waals surface area contributed by atoms with Crippen LogP contribution in [0.15, 0.2) is 82.5 Å². The first-order chi connectivity index (χ1) is 18.8. The first-order valence-electron chi connectivity index (χ1n) is 15.6. The van der Waals surface area contributed by atoms with E-state index in [9.17, 15) is 0 Å². The van der Waals surface area contributed by atoms with Crippen LogP contribution in [-0.4, -0.2) is 0 Å². The molecule has 0 aromatic rings. The van der Waals surface area contributed by atoms with E-state index in [2.05, 4.69) is 148 Å². The lowest BCUT2D eigenvalue weighted by molar-refractivity contribution is 0.380. The smallest absolute Gasteiger partial charge is 0.0178 e. The zero-order valence-corrected chi connectivity index (χ0v) is 27.4. The highest BCUT2D eigenvalue weighted by atomic mass is 14.3. The Kier molecular flexibility index (Phi) is 13.3. The molecule has 0 heteroatoms. The Morgan fingerprint density at radius 2 is 1.60 bits per heavy atom. The minimum absolute atomic E-state index is 0.0722. The maximum atomic E-state index is 3.54. The van der Waals surface area contributed by atoms with Crippen molar-refractivity contribution in [3.8, 4) is 23.7 Å². The molecule has 2 aliphatic rings. The summed E-state index contributed by atoms with van der Waals surface area (Å²) in [6, 6.07) is 0. The van der Waals surface area contributed by atoms with Crippen LogP contribution in [0.1, 0.15) is 114 Å². The summed E-state index contributed by atoms with van der Waals surface area (Å²) in [5, 5.41) is 0. The molecule has 0 aromatic heterocycles. The number of allylic oxidation sites excluding steroid dienone is 14. The van der Waals surface area contributed by atoms with Gasteiger partial charge in [-0.25, -0.2) is 0 Å². The molecule has 0 saturated heterocycles. The fourth-order valence-electron chi connectivity index (χ4n) is 5.68. The second kappa shape index (κ2) is 15.9. The first-order valence-corrected chi connectivity index (χ1v) is 15.6. The summed E-state index contributed by atoms with van der Waals surface area (Å²) in [7, 11) is 0. The molecule has 0 bridgehead atoms. The van der Waals surface area contributed by atoms with Gasteiger partial charge in [0.05, 0.1) is 0 Å². The maximum Gasteiger partial charge on any atom is 0.0178 e. The fraction of sp³-hybridized carbons (Fsp3) is 0.550. The molecule has 0 radical (unpaired) electrons. The van der Waals surface area contributed by atoms with Crippen molar-refractivity contribution in [3.63, 3.8) is 0 Å². The van der Waals surface area contributed by atoms with Crippen molar-refractivity contribution in [2.24, 2.45) is 28.6 Å². The summed E-state index contributed by atoms with van der Waals surface area (Å²) in [5.74, 6) is 15.4. The van der Waals surface area contributed by atoms with Crippen LogP contribution in [0, 0.1) is 52.3 Å². The summed E-state index contributed by atoms with van der Waals surface area (Å²) >= 11 is 0. The lowest BCUT2D eigenvalue weighted by Gasteiger charge is -2.31. The average molecular weight is 537 g/mol. The second-order valence-electron chi connectivity index (χ2n) is 13.6. The van der Waals surface area contributed by atoms with E-state index in [1.165, 1.54) is 54.4 Å². The third-order valence-electron chi connectivity index (χ3n) is 8.34. The number of hydrogen-bond acceptors (Lipinski definition) is 0. The SMILES string of the molecule is CC1=C(C#CC(C)CCCC(C)/C=C/C=C/C(C)/C=C/C=C(/C)C#CC2=C(C)CCCC2(C)C)C(C)(C)C=CC1. The van der Waals surface area contributed by atoms with E-state index < -0.39 is 0 Å². The van der Waals surface area contributed by atoms with Crippen LogP contribution in [0.4, 0.5) is 0 Å². The third-order valence-corrected chi connectivity index (χ3v) is 8.34. The molecule has 0 N–H and O–H groups in total. The molecule has 0 nitrogen and oxygen atoms in total. The first kappa shape index (κ1) is 33.5. The van der Waals surface area contributed by atoms with Gasteiger partial charge < -0.3 is 0 Å². The quantitative estimate of drug-likeness (QED) is 0.156. The van der Waals surface area contributed by atoms with Gasteiger partial charge in [0, 0.05) is 22.5 Å². The molecule has 216 valence electrons. The highest BCUT2D eigenvalue weighted by Gasteiger charge is 2.27. The predicted molar refractivity (Wildman–Crippen MR) is 179 cm³/mol. The van der Waals surface area contributed by atoms with Crippen molar-refractivity contribution < 1.29 is 0 Å². The van der Waals surface area contributed by atoms with Crippen LogP contribution in [0.25, 0.3) is 0 Å². The summed E-state index contributed by atoms with van der Waals surface area (Å²) in [4.78, 5) is 0. The number of rotatable bonds is 9. The van der Waals surface area contributed by atoms with Gasteiger partial charge in [-0.05, 0) is 82.1 Å². The zero-order valence-electron chi connectivity index (χ0n) is 27.4. The van der Waals surface area contributed by atoms with E-state index in [0.29, 0.717) is 17.8 Å². The molecule has 0 spiro atoms. The monoisotopic (exact) mass is 536 g/mol. The van der Waals surface area contributed by atoms with Crippen LogP contribution in [0.2, 0.25) is 0 Å². The minimum atomic E-state index is 0.0722. The summed E-state index contributed by atoms with van der Waals surface area (Å²) in [5.41, 5.74) is 6.96. The molecule has 0 saturated carbocycles. The van der Waals surface area contributed by atoms with Gasteiger partial charge in [0.15, 0.2) is 0 Å². The third kappa shape index (κ3) is 11.4. The normalized spacial score (nSPS) is 21.4. The summed E-state index contributed by atoms with van der Waals surface area (Å²) < 4.78 is 0. The van der Waals surface area contributed by atoms with E-state index in [1.54, 1.807) is 0 Å². The van der Waals surface area contributed by atoms with Crippen LogP contribution in [-0.2, 0) is 0 Å². The van der Waals surface area contributed by atoms with E-state index in [0.717, 1.165) is 18.4 Å². The van der Waals surface area contributed by atoms with Crippen molar-refractivity contribution in [1.29, 1.82) is 0 Å².